The minimum Gasteiger partial charge on any atom is -0.341 e. The molecule has 4 heteroatoms. The molecule has 2 atom stereocenters. The summed E-state index contributed by atoms with van der Waals surface area (Å²) in [6, 6.07) is 10.1. The van der Waals surface area contributed by atoms with E-state index in [0.717, 1.165) is 25.7 Å². The molecule has 0 spiro atoms. The summed E-state index contributed by atoms with van der Waals surface area (Å²) in [6.45, 7) is 4.16. The normalized spacial score (nSPS) is 13.2. The number of nitrogens with two attached hydrogens (primary N) is 1. The van der Waals surface area contributed by atoms with E-state index in [4.69, 9.17) is 5.73 Å². The number of rotatable bonds is 7. The number of amides is 1. The summed E-state index contributed by atoms with van der Waals surface area (Å²) < 4.78 is 0. The first-order valence-corrected chi connectivity index (χ1v) is 7.16. The zero-order valence-corrected chi connectivity index (χ0v) is 13.5. The molecule has 0 heterocycles. The number of hydrogen-bond acceptors (Lipinski definition) is 2. The Kier molecular flexibility index (Phi) is 9.26. The Hall–Kier alpha value is -1.06. The van der Waals surface area contributed by atoms with E-state index in [-0.39, 0.29) is 30.4 Å². The lowest BCUT2D eigenvalue weighted by atomic mass is 10.0. The highest BCUT2D eigenvalue weighted by Gasteiger charge is 2.23. The van der Waals surface area contributed by atoms with Gasteiger partial charge in [0.15, 0.2) is 0 Å². The van der Waals surface area contributed by atoms with Crippen LogP contribution < -0.4 is 5.73 Å². The van der Waals surface area contributed by atoms with E-state index in [0.29, 0.717) is 0 Å². The zero-order valence-electron chi connectivity index (χ0n) is 12.7. The van der Waals surface area contributed by atoms with Crippen LogP contribution in [0.15, 0.2) is 30.3 Å². The molecule has 1 aromatic rings. The van der Waals surface area contributed by atoms with Gasteiger partial charge in [0.05, 0.1) is 6.04 Å². The van der Waals surface area contributed by atoms with Gasteiger partial charge in [-0.15, -0.1) is 12.4 Å². The summed E-state index contributed by atoms with van der Waals surface area (Å²) in [5.41, 5.74) is 7.19. The van der Waals surface area contributed by atoms with Gasteiger partial charge in [-0.3, -0.25) is 4.79 Å². The van der Waals surface area contributed by atoms with Crippen molar-refractivity contribution in [2.75, 3.05) is 7.05 Å². The van der Waals surface area contributed by atoms with Crippen molar-refractivity contribution in [2.24, 2.45) is 5.73 Å². The predicted molar refractivity (Wildman–Crippen MR) is 87.1 cm³/mol. The van der Waals surface area contributed by atoms with Crippen LogP contribution in [0, 0.1) is 0 Å². The van der Waals surface area contributed by atoms with Crippen molar-refractivity contribution < 1.29 is 4.79 Å². The van der Waals surface area contributed by atoms with E-state index < -0.39 is 0 Å². The van der Waals surface area contributed by atoms with Crippen molar-refractivity contribution >= 4 is 18.3 Å². The van der Waals surface area contributed by atoms with Gasteiger partial charge in [-0.1, -0.05) is 50.6 Å². The second kappa shape index (κ2) is 9.78. The maximum absolute atomic E-state index is 12.2. The predicted octanol–water partition coefficient (Wildman–Crippen LogP) is 3.02. The Morgan fingerprint density at radius 2 is 1.85 bits per heavy atom. The van der Waals surface area contributed by atoms with Crippen LogP contribution in [0.5, 0.6) is 0 Å². The van der Waals surface area contributed by atoms with E-state index in [1.54, 1.807) is 0 Å². The van der Waals surface area contributed by atoms with Gasteiger partial charge in [0.1, 0.15) is 0 Å². The summed E-state index contributed by atoms with van der Waals surface area (Å²) in [5.74, 6) is 0.0598. The van der Waals surface area contributed by atoms with Crippen LogP contribution in [0.2, 0.25) is 0 Å². The van der Waals surface area contributed by atoms with Crippen LogP contribution in [0.1, 0.15) is 38.7 Å². The van der Waals surface area contributed by atoms with Gasteiger partial charge in [-0.25, -0.2) is 0 Å². The molecule has 2 unspecified atom stereocenters. The first-order chi connectivity index (χ1) is 9.10. The second-order valence-electron chi connectivity index (χ2n) is 5.10. The lowest BCUT2D eigenvalue weighted by molar-refractivity contribution is -0.133. The van der Waals surface area contributed by atoms with Crippen LogP contribution in [0.4, 0.5) is 0 Å². The summed E-state index contributed by atoms with van der Waals surface area (Å²) in [5, 5.41) is 0. The van der Waals surface area contributed by atoms with E-state index in [1.807, 2.05) is 30.1 Å². The standard InChI is InChI=1S/C16H26N2O.ClH/c1-4-9-15(17)16(19)18(3)14(5-2)12-13-10-7-6-8-11-13;/h6-8,10-11,14-15H,4-5,9,12,17H2,1-3H3;1H. The monoisotopic (exact) mass is 298 g/mol. The van der Waals surface area contributed by atoms with E-state index in [1.165, 1.54) is 5.56 Å². The molecule has 0 saturated carbocycles. The fourth-order valence-corrected chi connectivity index (χ4v) is 2.32. The number of likely N-dealkylation sites (N-methyl/N-ethyl adjacent to an activating group) is 1. The molecule has 1 rings (SSSR count). The maximum atomic E-state index is 12.2. The SMILES string of the molecule is CCCC(N)C(=O)N(C)C(CC)Cc1ccccc1.Cl. The van der Waals surface area contributed by atoms with Crippen molar-refractivity contribution in [1.29, 1.82) is 0 Å². The highest BCUT2D eigenvalue weighted by molar-refractivity contribution is 5.85. The molecule has 0 fully saturated rings. The molecule has 0 aliphatic carbocycles. The molecule has 0 aromatic heterocycles. The lowest BCUT2D eigenvalue weighted by Gasteiger charge is -2.29. The third-order valence-electron chi connectivity index (χ3n) is 3.60. The summed E-state index contributed by atoms with van der Waals surface area (Å²) in [4.78, 5) is 14.1. The van der Waals surface area contributed by atoms with Gasteiger partial charge in [-0.2, -0.15) is 0 Å². The Labute approximate surface area is 128 Å². The Morgan fingerprint density at radius 3 is 2.35 bits per heavy atom. The highest BCUT2D eigenvalue weighted by atomic mass is 35.5. The molecule has 1 aromatic carbocycles. The molecular weight excluding hydrogens is 272 g/mol. The van der Waals surface area contributed by atoms with Crippen LogP contribution in [-0.4, -0.2) is 29.9 Å². The van der Waals surface area contributed by atoms with Gasteiger partial charge < -0.3 is 10.6 Å². The third-order valence-corrected chi connectivity index (χ3v) is 3.60. The number of carbonyl (C=O) groups is 1. The summed E-state index contributed by atoms with van der Waals surface area (Å²) in [7, 11) is 1.87. The van der Waals surface area contributed by atoms with Gasteiger partial charge in [0.25, 0.3) is 0 Å². The molecule has 1 amide bonds. The van der Waals surface area contributed by atoms with Crippen molar-refractivity contribution in [3.05, 3.63) is 35.9 Å². The number of nitrogens with zero attached hydrogens (tertiary/aromatic N) is 1. The fourth-order valence-electron chi connectivity index (χ4n) is 2.32. The van der Waals surface area contributed by atoms with Gasteiger partial charge in [0.2, 0.25) is 5.91 Å². The average Bonchev–Trinajstić information content (AvgIpc) is 2.44. The molecule has 0 aliphatic heterocycles. The molecule has 20 heavy (non-hydrogen) atoms. The van der Waals surface area contributed by atoms with Gasteiger partial charge >= 0.3 is 0 Å². The summed E-state index contributed by atoms with van der Waals surface area (Å²) >= 11 is 0. The highest BCUT2D eigenvalue weighted by Crippen LogP contribution is 2.12. The molecule has 0 aliphatic rings. The second-order valence-corrected chi connectivity index (χ2v) is 5.10. The minimum atomic E-state index is -0.361. The third kappa shape index (κ3) is 5.51. The average molecular weight is 299 g/mol. The number of hydrogen-bond donors (Lipinski definition) is 1. The van der Waals surface area contributed by atoms with Gasteiger partial charge in [0, 0.05) is 13.1 Å². The van der Waals surface area contributed by atoms with Crippen LogP contribution in [0.3, 0.4) is 0 Å². The number of benzene rings is 1. The first kappa shape index (κ1) is 18.9. The lowest BCUT2D eigenvalue weighted by Crippen LogP contribution is -2.47. The Morgan fingerprint density at radius 1 is 1.25 bits per heavy atom. The largest absolute Gasteiger partial charge is 0.341 e. The molecule has 3 nitrogen and oxygen atoms in total. The Bertz CT molecular complexity index is 383. The number of halogens is 1. The topological polar surface area (TPSA) is 46.3 Å². The molecule has 2 N–H and O–H groups in total. The van der Waals surface area contributed by atoms with Crippen molar-refractivity contribution in [1.82, 2.24) is 4.90 Å². The van der Waals surface area contributed by atoms with Crippen molar-refractivity contribution in [3.8, 4) is 0 Å². The molecule has 0 bridgehead atoms. The minimum absolute atomic E-state index is 0. The van der Waals surface area contributed by atoms with Crippen molar-refractivity contribution in [2.45, 2.75) is 51.6 Å². The molecule has 0 saturated heterocycles. The zero-order chi connectivity index (χ0) is 14.3. The fraction of sp³-hybridized carbons (Fsp3) is 0.562. The van der Waals surface area contributed by atoms with E-state index in [2.05, 4.69) is 26.0 Å². The molecular formula is C16H27ClN2O. The quantitative estimate of drug-likeness (QED) is 0.841. The smallest absolute Gasteiger partial charge is 0.239 e. The van der Waals surface area contributed by atoms with Crippen LogP contribution in [-0.2, 0) is 11.2 Å². The first-order valence-electron chi connectivity index (χ1n) is 7.16. The van der Waals surface area contributed by atoms with Gasteiger partial charge in [-0.05, 0) is 24.8 Å². The van der Waals surface area contributed by atoms with Crippen LogP contribution >= 0.6 is 12.4 Å². The summed E-state index contributed by atoms with van der Waals surface area (Å²) in [6.07, 6.45) is 3.52. The maximum Gasteiger partial charge on any atom is 0.239 e. The van der Waals surface area contributed by atoms with E-state index in [9.17, 15) is 4.79 Å². The van der Waals surface area contributed by atoms with Crippen molar-refractivity contribution in [3.63, 3.8) is 0 Å². The van der Waals surface area contributed by atoms with Crippen LogP contribution in [0.25, 0.3) is 0 Å². The van der Waals surface area contributed by atoms with E-state index >= 15 is 0 Å². The molecule has 0 radical (unpaired) electrons. The molecule has 114 valence electrons. The number of carbonyl (C=O) groups excluding carboxylic acids is 1. The Balaban J connectivity index is 0.00000361.